The van der Waals surface area contributed by atoms with Gasteiger partial charge < -0.3 is 4.74 Å². The molecule has 2 aliphatic heterocycles. The second-order valence-electron chi connectivity index (χ2n) is 6.87. The summed E-state index contributed by atoms with van der Waals surface area (Å²) in [5.41, 5.74) is 0. The number of esters is 1. The number of piperidine rings is 1. The van der Waals surface area contributed by atoms with Gasteiger partial charge in [-0.3, -0.25) is 9.69 Å². The fourth-order valence-corrected chi connectivity index (χ4v) is 8.70. The second-order valence-corrected chi connectivity index (χ2v) is 11.2. The van der Waals surface area contributed by atoms with Gasteiger partial charge in [-0.05, 0) is 38.1 Å². The Labute approximate surface area is 154 Å². The Balaban J connectivity index is 1.83. The Morgan fingerprint density at radius 1 is 1.12 bits per heavy atom. The monoisotopic (exact) mass is 401 g/mol. The van der Waals surface area contributed by atoms with Gasteiger partial charge in [-0.15, -0.1) is 0 Å². The van der Waals surface area contributed by atoms with Crippen LogP contribution in [-0.4, -0.2) is 70.7 Å². The number of methoxy groups -OCH3 is 1. The van der Waals surface area contributed by atoms with Crippen LogP contribution in [0.15, 0.2) is 35.2 Å². The normalized spacial score (nSPS) is 27.3. The molecule has 2 heterocycles. The molecule has 2 aliphatic rings. The van der Waals surface area contributed by atoms with Crippen LogP contribution in [0, 0.1) is 5.92 Å². The van der Waals surface area contributed by atoms with Crippen LogP contribution in [0.3, 0.4) is 0 Å². The molecule has 2 atom stereocenters. The zero-order chi connectivity index (χ0) is 18.9. The van der Waals surface area contributed by atoms with Crippen molar-refractivity contribution in [2.24, 2.45) is 5.92 Å². The average molecular weight is 402 g/mol. The lowest BCUT2D eigenvalue weighted by atomic mass is 9.95. The average Bonchev–Trinajstić information content (AvgIpc) is 2.98. The Kier molecular flexibility index (Phi) is 5.41. The lowest BCUT2D eigenvalue weighted by molar-refractivity contribution is -0.147. The van der Waals surface area contributed by atoms with Crippen LogP contribution in [0.2, 0.25) is 0 Å². The van der Waals surface area contributed by atoms with E-state index in [1.165, 1.54) is 19.2 Å². The molecule has 0 N–H and O–H groups in total. The third kappa shape index (κ3) is 3.79. The van der Waals surface area contributed by atoms with Crippen LogP contribution in [0.1, 0.15) is 12.8 Å². The van der Waals surface area contributed by atoms with E-state index >= 15 is 0 Å². The fraction of sp³-hybridized carbons (Fsp3) is 0.588. The Morgan fingerprint density at radius 2 is 1.73 bits per heavy atom. The molecule has 9 heteroatoms. The summed E-state index contributed by atoms with van der Waals surface area (Å²) in [6.45, 7) is 0.974. The first-order valence-electron chi connectivity index (χ1n) is 8.56. The van der Waals surface area contributed by atoms with Crippen molar-refractivity contribution in [3.05, 3.63) is 30.3 Å². The largest absolute Gasteiger partial charge is 0.469 e. The van der Waals surface area contributed by atoms with Crippen LogP contribution in [0.4, 0.5) is 0 Å². The molecule has 0 unspecified atom stereocenters. The minimum atomic E-state index is -3.76. The van der Waals surface area contributed by atoms with E-state index < -0.39 is 31.0 Å². The van der Waals surface area contributed by atoms with Gasteiger partial charge in [0.05, 0.1) is 34.7 Å². The van der Waals surface area contributed by atoms with Crippen LogP contribution < -0.4 is 0 Å². The quantitative estimate of drug-likeness (QED) is 0.678. The number of carbonyl (C=O) groups excluding carboxylic acids is 1. The van der Waals surface area contributed by atoms with Crippen molar-refractivity contribution >= 4 is 25.6 Å². The number of nitrogens with zero attached hydrogens (tertiary/aromatic N) is 1. The van der Waals surface area contributed by atoms with Crippen LogP contribution >= 0.6 is 0 Å². The number of likely N-dealkylation sites (tertiary alicyclic amines) is 1. The maximum atomic E-state index is 13.0. The molecule has 0 aromatic heterocycles. The number of hydrogen-bond donors (Lipinski definition) is 0. The van der Waals surface area contributed by atoms with Crippen molar-refractivity contribution in [3.63, 3.8) is 0 Å². The Hall–Kier alpha value is -1.45. The van der Waals surface area contributed by atoms with Gasteiger partial charge in [0.25, 0.3) is 0 Å². The van der Waals surface area contributed by atoms with Gasteiger partial charge in [-0.2, -0.15) is 0 Å². The molecule has 144 valence electrons. The molecule has 1 aromatic rings. The minimum absolute atomic E-state index is 0.150. The van der Waals surface area contributed by atoms with E-state index in [9.17, 15) is 21.6 Å². The molecule has 2 saturated heterocycles. The molecule has 0 spiro atoms. The second kappa shape index (κ2) is 7.28. The van der Waals surface area contributed by atoms with Gasteiger partial charge in [0.15, 0.2) is 19.7 Å². The van der Waals surface area contributed by atoms with Crippen molar-refractivity contribution in [1.29, 1.82) is 0 Å². The molecule has 0 saturated carbocycles. The first-order chi connectivity index (χ1) is 12.2. The summed E-state index contributed by atoms with van der Waals surface area (Å²) in [6, 6.07) is 7.41. The number of sulfone groups is 2. The van der Waals surface area contributed by atoms with Gasteiger partial charge in [0, 0.05) is 6.04 Å². The van der Waals surface area contributed by atoms with E-state index in [1.807, 2.05) is 4.90 Å². The maximum Gasteiger partial charge on any atom is 0.308 e. The molecule has 7 nitrogen and oxygen atoms in total. The van der Waals surface area contributed by atoms with Gasteiger partial charge in [-0.1, -0.05) is 18.2 Å². The lowest BCUT2D eigenvalue weighted by Crippen LogP contribution is -2.50. The highest BCUT2D eigenvalue weighted by Gasteiger charge is 2.48. The number of hydrogen-bond acceptors (Lipinski definition) is 7. The predicted molar refractivity (Wildman–Crippen MR) is 96.2 cm³/mol. The van der Waals surface area contributed by atoms with E-state index in [4.69, 9.17) is 4.74 Å². The van der Waals surface area contributed by atoms with Gasteiger partial charge in [0.2, 0.25) is 0 Å². The Bertz CT molecular complexity index is 858. The molecule has 2 fully saturated rings. The molecular formula is C17H23NO6S2. The summed E-state index contributed by atoms with van der Waals surface area (Å²) in [4.78, 5) is 13.7. The SMILES string of the molecule is COC(=O)C1CCN([C@H]2CS(=O)(=O)C[C@@H]2S(=O)(=O)c2ccccc2)CC1. The number of ether oxygens (including phenoxy) is 1. The highest BCUT2D eigenvalue weighted by atomic mass is 32.2. The summed E-state index contributed by atoms with van der Waals surface area (Å²) >= 11 is 0. The lowest BCUT2D eigenvalue weighted by Gasteiger charge is -2.36. The number of carbonyl (C=O) groups is 1. The van der Waals surface area contributed by atoms with E-state index in [2.05, 4.69) is 0 Å². The third-order valence-corrected chi connectivity index (χ3v) is 9.41. The number of rotatable bonds is 4. The maximum absolute atomic E-state index is 13.0. The van der Waals surface area contributed by atoms with Crippen molar-refractivity contribution in [2.75, 3.05) is 31.7 Å². The molecule has 0 bridgehead atoms. The van der Waals surface area contributed by atoms with Crippen LogP contribution in [0.5, 0.6) is 0 Å². The van der Waals surface area contributed by atoms with Crippen molar-refractivity contribution in [1.82, 2.24) is 4.90 Å². The van der Waals surface area contributed by atoms with Crippen molar-refractivity contribution < 1.29 is 26.4 Å². The number of benzene rings is 1. The standard InChI is InChI=1S/C17H23NO6S2/c1-24-17(19)13-7-9-18(10-8-13)15-11-25(20,21)12-16(15)26(22,23)14-5-3-2-4-6-14/h2-6,13,15-16H,7-12H2,1H3/t15-,16-/m0/s1. The van der Waals surface area contributed by atoms with E-state index in [-0.39, 0.29) is 28.3 Å². The van der Waals surface area contributed by atoms with E-state index in [0.29, 0.717) is 25.9 Å². The third-order valence-electron chi connectivity index (χ3n) is 5.28. The van der Waals surface area contributed by atoms with Crippen LogP contribution in [0.25, 0.3) is 0 Å². The molecule has 1 aromatic carbocycles. The van der Waals surface area contributed by atoms with E-state index in [1.54, 1.807) is 18.2 Å². The molecule has 0 radical (unpaired) electrons. The topological polar surface area (TPSA) is 97.8 Å². The van der Waals surface area contributed by atoms with Gasteiger partial charge in [-0.25, -0.2) is 16.8 Å². The summed E-state index contributed by atoms with van der Waals surface area (Å²) in [5.74, 6) is -0.992. The molecule has 3 rings (SSSR count). The first kappa shape index (κ1) is 19.3. The van der Waals surface area contributed by atoms with E-state index in [0.717, 1.165) is 0 Å². The molecule has 0 amide bonds. The highest BCUT2D eigenvalue weighted by Crippen LogP contribution is 2.31. The molecular weight excluding hydrogens is 378 g/mol. The minimum Gasteiger partial charge on any atom is -0.469 e. The zero-order valence-electron chi connectivity index (χ0n) is 14.6. The summed E-state index contributed by atoms with van der Waals surface area (Å²) in [6.07, 6.45) is 1.09. The zero-order valence-corrected chi connectivity index (χ0v) is 16.2. The smallest absolute Gasteiger partial charge is 0.308 e. The highest BCUT2D eigenvalue weighted by molar-refractivity contribution is 7.96. The van der Waals surface area contributed by atoms with Crippen LogP contribution in [-0.2, 0) is 29.2 Å². The summed E-state index contributed by atoms with van der Waals surface area (Å²) in [7, 11) is -5.84. The van der Waals surface area contributed by atoms with Crippen molar-refractivity contribution in [2.45, 2.75) is 29.0 Å². The summed E-state index contributed by atoms with van der Waals surface area (Å²) in [5, 5.41) is -0.982. The molecule has 0 aliphatic carbocycles. The Morgan fingerprint density at radius 3 is 2.31 bits per heavy atom. The van der Waals surface area contributed by atoms with Gasteiger partial charge in [0.1, 0.15) is 0 Å². The first-order valence-corrected chi connectivity index (χ1v) is 11.9. The van der Waals surface area contributed by atoms with Crippen molar-refractivity contribution in [3.8, 4) is 0 Å². The fourth-order valence-electron chi connectivity index (χ4n) is 3.85. The molecule has 26 heavy (non-hydrogen) atoms. The predicted octanol–water partition coefficient (Wildman–Crippen LogP) is 0.511. The summed E-state index contributed by atoms with van der Waals surface area (Å²) < 4.78 is 55.3. The van der Waals surface area contributed by atoms with Gasteiger partial charge >= 0.3 is 5.97 Å².